The van der Waals surface area contributed by atoms with Gasteiger partial charge >= 0.3 is 5.97 Å². The number of rotatable bonds is 11. The average molecular weight is 929 g/mol. The van der Waals surface area contributed by atoms with Crippen LogP contribution in [0.1, 0.15) is 96.3 Å². The van der Waals surface area contributed by atoms with Crippen LogP contribution in [-0.2, 0) is 4.74 Å². The topological polar surface area (TPSA) is 101 Å². The molecule has 0 spiro atoms. The molecule has 0 radical (unpaired) electrons. The van der Waals surface area contributed by atoms with Crippen molar-refractivity contribution in [1.82, 2.24) is 0 Å². The first-order chi connectivity index (χ1) is 33.6. The number of hydrogen-bond acceptors (Lipinski definition) is 8. The van der Waals surface area contributed by atoms with Gasteiger partial charge in [-0.3, -0.25) is 19.2 Å². The fraction of sp³-hybridized carbons (Fsp3) is 0.145. The number of hydrogen-bond donors (Lipinski definition) is 0. The van der Waals surface area contributed by atoms with E-state index in [0.717, 1.165) is 44.8 Å². The van der Waals surface area contributed by atoms with Crippen molar-refractivity contribution in [2.45, 2.75) is 27.7 Å². The molecule has 0 unspecified atom stereocenters. The first-order valence-corrected chi connectivity index (χ1v) is 22.8. The molecule has 0 amide bonds. The van der Waals surface area contributed by atoms with E-state index < -0.39 is 5.97 Å². The molecule has 0 fully saturated rings. The minimum Gasteiger partial charge on any atom is -0.465 e. The first-order valence-electron chi connectivity index (χ1n) is 22.8. The van der Waals surface area contributed by atoms with Gasteiger partial charge in [0.2, 0.25) is 0 Å². The van der Waals surface area contributed by atoms with Gasteiger partial charge in [-0.1, -0.05) is 157 Å². The number of carbonyl (C=O) groups is 5. The summed E-state index contributed by atoms with van der Waals surface area (Å²) in [6.45, 7) is 8.06. The quantitative estimate of drug-likeness (QED) is 0.0934. The summed E-state index contributed by atoms with van der Waals surface area (Å²) in [6, 6.07) is 61.3. The summed E-state index contributed by atoms with van der Waals surface area (Å²) < 4.78 is 4.67. The molecule has 0 aromatic heterocycles. The Bertz CT molecular complexity index is 2920. The summed E-state index contributed by atoms with van der Waals surface area (Å²) in [5, 5.41) is 0. The Hall–Kier alpha value is -8.49. The third kappa shape index (κ3) is 14.5. The van der Waals surface area contributed by atoms with Gasteiger partial charge in [-0.15, -0.1) is 0 Å². The van der Waals surface area contributed by atoms with Crippen molar-refractivity contribution in [3.05, 3.63) is 273 Å². The fourth-order valence-electron chi connectivity index (χ4n) is 7.44. The van der Waals surface area contributed by atoms with Crippen molar-refractivity contribution in [3.8, 4) is 0 Å². The second kappa shape index (κ2) is 25.6. The number of esters is 1. The third-order valence-electron chi connectivity index (χ3n) is 11.2. The molecule has 0 saturated heterocycles. The maximum Gasteiger partial charge on any atom is 0.338 e. The van der Waals surface area contributed by atoms with Crippen LogP contribution in [-0.4, -0.2) is 64.4 Å². The number of carbonyl (C=O) groups excluding carboxylic acids is 5. The lowest BCUT2D eigenvalue weighted by molar-refractivity contribution is 0.0597. The van der Waals surface area contributed by atoms with Gasteiger partial charge in [-0.2, -0.15) is 0 Å². The van der Waals surface area contributed by atoms with Crippen molar-refractivity contribution in [3.63, 3.8) is 0 Å². The molecule has 0 aliphatic carbocycles. The molecule has 0 aliphatic heterocycles. The normalized spacial score (nSPS) is 10.1. The van der Waals surface area contributed by atoms with E-state index in [9.17, 15) is 24.0 Å². The molecule has 0 heterocycles. The zero-order valence-corrected chi connectivity index (χ0v) is 41.4. The number of aryl methyl sites for hydroxylation is 4. The predicted molar refractivity (Wildman–Crippen MR) is 284 cm³/mol. The molecule has 0 atom stereocenters. The zero-order chi connectivity index (χ0) is 50.7. The monoisotopic (exact) mass is 928 g/mol. The highest BCUT2D eigenvalue weighted by molar-refractivity contribution is 6.14. The van der Waals surface area contributed by atoms with Crippen LogP contribution < -0.4 is 9.80 Å². The Kier molecular flexibility index (Phi) is 19.2. The molecular formula is C62H60N2O6. The number of nitrogens with zero attached hydrogens (tertiary/aromatic N) is 2. The molecule has 0 saturated carbocycles. The Balaban J connectivity index is 0.000000175. The van der Waals surface area contributed by atoms with Crippen LogP contribution in [0.3, 0.4) is 0 Å². The summed E-state index contributed by atoms with van der Waals surface area (Å²) >= 11 is 0. The van der Waals surface area contributed by atoms with E-state index in [1.54, 1.807) is 48.5 Å². The highest BCUT2D eigenvalue weighted by Gasteiger charge is 2.18. The predicted octanol–water partition coefficient (Wildman–Crippen LogP) is 12.8. The lowest BCUT2D eigenvalue weighted by atomic mass is 9.93. The van der Waals surface area contributed by atoms with Gasteiger partial charge in [-0.05, 0) is 93.4 Å². The van der Waals surface area contributed by atoms with Gasteiger partial charge < -0.3 is 14.5 Å². The van der Waals surface area contributed by atoms with Gasteiger partial charge in [0.05, 0.1) is 12.7 Å². The highest BCUT2D eigenvalue weighted by atomic mass is 16.5. The molecule has 0 bridgehead atoms. The number of benzene rings is 8. The number of ether oxygens (including phenoxy) is 1. The number of ketones is 4. The van der Waals surface area contributed by atoms with E-state index in [0.29, 0.717) is 22.3 Å². The van der Waals surface area contributed by atoms with Crippen LogP contribution in [0, 0.1) is 27.7 Å². The molecule has 0 N–H and O–H groups in total. The van der Waals surface area contributed by atoms with Crippen molar-refractivity contribution in [1.29, 1.82) is 0 Å². The Morgan fingerprint density at radius 3 is 1.03 bits per heavy atom. The lowest BCUT2D eigenvalue weighted by Crippen LogP contribution is -2.11. The molecule has 8 aromatic rings. The molecular weight excluding hydrogens is 869 g/mol. The van der Waals surface area contributed by atoms with Gasteiger partial charge in [0.25, 0.3) is 0 Å². The van der Waals surface area contributed by atoms with Crippen LogP contribution in [0.4, 0.5) is 11.4 Å². The summed E-state index contributed by atoms with van der Waals surface area (Å²) in [5.41, 5.74) is 12.3. The standard InChI is InChI=1S/C17H20N2O.C16H16O.C15H12O3.C14H12O/c1-18(2)15-9-5-13(6-10-15)17(20)14-7-11-16(12-8-14)19(3)4;1-11-9-12(2)15(13(3)10-11)16(17)14-7-5-4-6-8-14;1-18-15(17)13-10-6-5-9-12(13)14(16)11-7-3-2-4-8-11;1-11-7-9-13(10-8-11)14(15)12-5-3-2-4-6-12/h5-12H,1-4H3;4-10H,1-3H3;2-10H,1H3;2-10H,1H3. The molecule has 8 heteroatoms. The van der Waals surface area contributed by atoms with Crippen molar-refractivity contribution in [2.75, 3.05) is 45.1 Å². The fourth-order valence-corrected chi connectivity index (χ4v) is 7.44. The minimum atomic E-state index is -0.505. The molecule has 8 rings (SSSR count). The first kappa shape index (κ1) is 52.5. The lowest BCUT2D eigenvalue weighted by Gasteiger charge is -2.13. The van der Waals surface area contributed by atoms with Gasteiger partial charge in [0.1, 0.15) is 0 Å². The van der Waals surface area contributed by atoms with Crippen LogP contribution >= 0.6 is 0 Å². The van der Waals surface area contributed by atoms with Crippen LogP contribution in [0.15, 0.2) is 200 Å². The van der Waals surface area contributed by atoms with Gasteiger partial charge in [-0.25, -0.2) is 4.79 Å². The van der Waals surface area contributed by atoms with E-state index in [1.165, 1.54) is 18.2 Å². The molecule has 8 aromatic carbocycles. The molecule has 0 aliphatic rings. The van der Waals surface area contributed by atoms with Gasteiger partial charge in [0, 0.05) is 84.1 Å². The van der Waals surface area contributed by atoms with Crippen LogP contribution in [0.5, 0.6) is 0 Å². The summed E-state index contributed by atoms with van der Waals surface area (Å²) in [4.78, 5) is 64.6. The Morgan fingerprint density at radius 2 is 0.657 bits per heavy atom. The van der Waals surface area contributed by atoms with Gasteiger partial charge in [0.15, 0.2) is 23.1 Å². The van der Waals surface area contributed by atoms with Crippen molar-refractivity contribution >= 4 is 40.5 Å². The molecule has 70 heavy (non-hydrogen) atoms. The van der Waals surface area contributed by atoms with Crippen molar-refractivity contribution in [2.24, 2.45) is 0 Å². The van der Waals surface area contributed by atoms with E-state index in [1.807, 2.05) is 198 Å². The Morgan fingerprint density at radius 1 is 0.343 bits per heavy atom. The number of methoxy groups -OCH3 is 1. The summed E-state index contributed by atoms with van der Waals surface area (Å²) in [7, 11) is 9.23. The largest absolute Gasteiger partial charge is 0.465 e. The SMILES string of the molecule is CN(C)c1ccc(C(=O)c2ccc(N(C)C)cc2)cc1.COC(=O)c1ccccc1C(=O)c1ccccc1.Cc1cc(C)c(C(=O)c2ccccc2)c(C)c1.Cc1ccc(C(=O)c2ccccc2)cc1. The zero-order valence-electron chi connectivity index (χ0n) is 41.4. The van der Waals surface area contributed by atoms with Crippen LogP contribution in [0.25, 0.3) is 0 Å². The maximum atomic E-state index is 12.4. The average Bonchev–Trinajstić information content (AvgIpc) is 3.39. The molecule has 8 nitrogen and oxygen atoms in total. The minimum absolute atomic E-state index is 0.0561. The molecule has 354 valence electrons. The van der Waals surface area contributed by atoms with Crippen molar-refractivity contribution < 1.29 is 28.7 Å². The van der Waals surface area contributed by atoms with E-state index in [-0.39, 0.29) is 28.7 Å². The third-order valence-corrected chi connectivity index (χ3v) is 11.2. The van der Waals surface area contributed by atoms with E-state index in [4.69, 9.17) is 0 Å². The Labute approximate surface area is 412 Å². The second-order valence-corrected chi connectivity index (χ2v) is 17.0. The smallest absolute Gasteiger partial charge is 0.338 e. The van der Waals surface area contributed by atoms with E-state index in [2.05, 4.69) is 23.8 Å². The number of anilines is 2. The highest BCUT2D eigenvalue weighted by Crippen LogP contribution is 2.21. The maximum absolute atomic E-state index is 12.4. The summed E-state index contributed by atoms with van der Waals surface area (Å²) in [6.07, 6.45) is 0. The summed E-state index contributed by atoms with van der Waals surface area (Å²) in [5.74, 6) is -0.441. The van der Waals surface area contributed by atoms with E-state index >= 15 is 0 Å². The second-order valence-electron chi connectivity index (χ2n) is 17.0. The van der Waals surface area contributed by atoms with Crippen LogP contribution in [0.2, 0.25) is 0 Å².